The van der Waals surface area contributed by atoms with Crippen LogP contribution in [-0.2, 0) is 21.4 Å². The van der Waals surface area contributed by atoms with Crippen molar-refractivity contribution in [3.8, 4) is 0 Å². The smallest absolute Gasteiger partial charge is 0.243 e. The standard InChI is InChI=1S/C21H26N2O3S/c1-17-9-11-19(12-10-17)27(25,26)23-14-20(24)22(15-21(2,3)16-23)13-18-7-5-4-6-8-18/h4-12H,13-16H2,1-3H3. The second-order valence-electron chi connectivity index (χ2n) is 7.99. The van der Waals surface area contributed by atoms with Crippen LogP contribution >= 0.6 is 0 Å². The third-order valence-electron chi connectivity index (χ3n) is 4.76. The molecule has 0 saturated carbocycles. The molecular formula is C21H26N2O3S. The quantitative estimate of drug-likeness (QED) is 0.811. The van der Waals surface area contributed by atoms with Crippen molar-refractivity contribution in [2.75, 3.05) is 19.6 Å². The molecule has 1 aliphatic rings. The van der Waals surface area contributed by atoms with E-state index in [2.05, 4.69) is 0 Å². The lowest BCUT2D eigenvalue weighted by Crippen LogP contribution is -2.39. The van der Waals surface area contributed by atoms with Crippen molar-refractivity contribution in [1.82, 2.24) is 9.21 Å². The zero-order valence-corrected chi connectivity index (χ0v) is 16.9. The van der Waals surface area contributed by atoms with Gasteiger partial charge in [0, 0.05) is 19.6 Å². The predicted molar refractivity (Wildman–Crippen MR) is 106 cm³/mol. The number of carbonyl (C=O) groups is 1. The average molecular weight is 387 g/mol. The van der Waals surface area contributed by atoms with E-state index < -0.39 is 10.0 Å². The van der Waals surface area contributed by atoms with Gasteiger partial charge in [-0.05, 0) is 30.0 Å². The highest BCUT2D eigenvalue weighted by Crippen LogP contribution is 2.28. The van der Waals surface area contributed by atoms with Gasteiger partial charge in [-0.3, -0.25) is 4.79 Å². The minimum Gasteiger partial charge on any atom is -0.337 e. The molecular weight excluding hydrogens is 360 g/mol. The molecule has 2 aromatic carbocycles. The molecule has 3 rings (SSSR count). The summed E-state index contributed by atoms with van der Waals surface area (Å²) in [5.74, 6) is -0.167. The highest BCUT2D eigenvalue weighted by Gasteiger charge is 2.38. The summed E-state index contributed by atoms with van der Waals surface area (Å²) in [6.45, 7) is 7.09. The van der Waals surface area contributed by atoms with Gasteiger partial charge in [-0.1, -0.05) is 61.9 Å². The van der Waals surface area contributed by atoms with Crippen LogP contribution in [-0.4, -0.2) is 43.2 Å². The van der Waals surface area contributed by atoms with E-state index in [1.165, 1.54) is 4.31 Å². The monoisotopic (exact) mass is 386 g/mol. The predicted octanol–water partition coefficient (Wildman–Crippen LogP) is 3.05. The molecule has 0 unspecified atom stereocenters. The lowest BCUT2D eigenvalue weighted by Gasteiger charge is -2.30. The summed E-state index contributed by atoms with van der Waals surface area (Å²) in [6.07, 6.45) is 0. The second kappa shape index (κ2) is 7.44. The van der Waals surface area contributed by atoms with Crippen LogP contribution in [0, 0.1) is 12.3 Å². The molecule has 0 N–H and O–H groups in total. The van der Waals surface area contributed by atoms with E-state index in [1.54, 1.807) is 29.2 Å². The molecule has 1 saturated heterocycles. The zero-order chi connectivity index (χ0) is 19.7. The van der Waals surface area contributed by atoms with Crippen LogP contribution in [0.15, 0.2) is 59.5 Å². The number of hydrogen-bond acceptors (Lipinski definition) is 3. The van der Waals surface area contributed by atoms with Crippen molar-refractivity contribution in [1.29, 1.82) is 0 Å². The van der Waals surface area contributed by atoms with Gasteiger partial charge in [0.1, 0.15) is 0 Å². The maximum Gasteiger partial charge on any atom is 0.243 e. The number of nitrogens with zero attached hydrogens (tertiary/aromatic N) is 2. The molecule has 0 bridgehead atoms. The van der Waals surface area contributed by atoms with Crippen molar-refractivity contribution in [3.05, 3.63) is 65.7 Å². The number of amides is 1. The van der Waals surface area contributed by atoms with Gasteiger partial charge in [0.05, 0.1) is 11.4 Å². The third kappa shape index (κ3) is 4.57. The Labute approximate surface area is 161 Å². The molecule has 1 aliphatic heterocycles. The van der Waals surface area contributed by atoms with Gasteiger partial charge in [-0.25, -0.2) is 8.42 Å². The minimum atomic E-state index is -3.72. The number of hydrogen-bond donors (Lipinski definition) is 0. The van der Waals surface area contributed by atoms with Crippen LogP contribution in [0.4, 0.5) is 0 Å². The van der Waals surface area contributed by atoms with Gasteiger partial charge in [0.2, 0.25) is 15.9 Å². The van der Waals surface area contributed by atoms with Gasteiger partial charge in [-0.15, -0.1) is 0 Å². The van der Waals surface area contributed by atoms with Crippen LogP contribution in [0.5, 0.6) is 0 Å². The van der Waals surface area contributed by atoms with Crippen molar-refractivity contribution in [2.24, 2.45) is 5.41 Å². The second-order valence-corrected chi connectivity index (χ2v) is 9.92. The van der Waals surface area contributed by atoms with Gasteiger partial charge >= 0.3 is 0 Å². The Kier molecular flexibility index (Phi) is 5.40. The Bertz CT molecular complexity index is 906. The molecule has 1 amide bonds. The molecule has 0 radical (unpaired) electrons. The molecule has 0 aromatic heterocycles. The zero-order valence-electron chi connectivity index (χ0n) is 16.1. The SMILES string of the molecule is Cc1ccc(S(=O)(=O)N2CC(=O)N(Cc3ccccc3)CC(C)(C)C2)cc1. The fourth-order valence-electron chi connectivity index (χ4n) is 3.42. The highest BCUT2D eigenvalue weighted by molar-refractivity contribution is 7.89. The molecule has 0 spiro atoms. The van der Waals surface area contributed by atoms with Crippen LogP contribution in [0.25, 0.3) is 0 Å². The Morgan fingerprint density at radius 1 is 0.963 bits per heavy atom. The van der Waals surface area contributed by atoms with Crippen molar-refractivity contribution in [3.63, 3.8) is 0 Å². The van der Waals surface area contributed by atoms with Crippen molar-refractivity contribution in [2.45, 2.75) is 32.2 Å². The van der Waals surface area contributed by atoms with E-state index in [9.17, 15) is 13.2 Å². The van der Waals surface area contributed by atoms with E-state index in [1.807, 2.05) is 51.1 Å². The summed E-state index contributed by atoms with van der Waals surface area (Å²) in [4.78, 5) is 14.9. The van der Waals surface area contributed by atoms with E-state index in [4.69, 9.17) is 0 Å². The molecule has 2 aromatic rings. The van der Waals surface area contributed by atoms with E-state index in [-0.39, 0.29) is 22.8 Å². The Morgan fingerprint density at radius 3 is 2.22 bits per heavy atom. The van der Waals surface area contributed by atoms with Crippen LogP contribution in [0.3, 0.4) is 0 Å². The highest BCUT2D eigenvalue weighted by atomic mass is 32.2. The van der Waals surface area contributed by atoms with Gasteiger partial charge < -0.3 is 4.90 Å². The number of rotatable bonds is 4. The third-order valence-corrected chi connectivity index (χ3v) is 6.57. The maximum absolute atomic E-state index is 13.1. The topological polar surface area (TPSA) is 57.7 Å². The van der Waals surface area contributed by atoms with Gasteiger partial charge in [-0.2, -0.15) is 4.31 Å². The van der Waals surface area contributed by atoms with E-state index in [0.717, 1.165) is 11.1 Å². The first-order valence-electron chi connectivity index (χ1n) is 9.06. The normalized spacial score (nSPS) is 18.3. The Balaban J connectivity index is 1.87. The van der Waals surface area contributed by atoms with Crippen molar-refractivity contribution >= 4 is 15.9 Å². The van der Waals surface area contributed by atoms with Crippen LogP contribution in [0.1, 0.15) is 25.0 Å². The lowest BCUT2D eigenvalue weighted by atomic mass is 9.93. The van der Waals surface area contributed by atoms with E-state index >= 15 is 0 Å². The first-order chi connectivity index (χ1) is 12.7. The summed E-state index contributed by atoms with van der Waals surface area (Å²) in [5, 5.41) is 0. The largest absolute Gasteiger partial charge is 0.337 e. The first-order valence-corrected chi connectivity index (χ1v) is 10.5. The minimum absolute atomic E-state index is 0.132. The number of carbonyl (C=O) groups excluding carboxylic acids is 1. The summed E-state index contributed by atoms with van der Waals surface area (Å²) in [5.41, 5.74) is 1.69. The molecule has 27 heavy (non-hydrogen) atoms. The molecule has 0 aliphatic carbocycles. The first kappa shape index (κ1) is 19.6. The molecule has 1 fully saturated rings. The number of aryl methyl sites for hydroxylation is 1. The Morgan fingerprint density at radius 2 is 1.59 bits per heavy atom. The molecule has 144 valence electrons. The maximum atomic E-state index is 13.1. The molecule has 1 heterocycles. The summed E-state index contributed by atoms with van der Waals surface area (Å²) in [7, 11) is -3.72. The fourth-order valence-corrected chi connectivity index (χ4v) is 4.99. The van der Waals surface area contributed by atoms with Gasteiger partial charge in [0.25, 0.3) is 0 Å². The molecule has 0 atom stereocenters. The average Bonchev–Trinajstić information content (AvgIpc) is 2.72. The summed E-state index contributed by atoms with van der Waals surface area (Å²) < 4.78 is 27.5. The van der Waals surface area contributed by atoms with Crippen molar-refractivity contribution < 1.29 is 13.2 Å². The van der Waals surface area contributed by atoms with Gasteiger partial charge in [0.15, 0.2) is 0 Å². The molecule has 5 nitrogen and oxygen atoms in total. The lowest BCUT2D eigenvalue weighted by molar-refractivity contribution is -0.131. The Hall–Kier alpha value is -2.18. The summed E-state index contributed by atoms with van der Waals surface area (Å²) in [6, 6.07) is 16.5. The van der Waals surface area contributed by atoms with E-state index in [0.29, 0.717) is 19.6 Å². The van der Waals surface area contributed by atoms with Crippen LogP contribution in [0.2, 0.25) is 0 Å². The number of benzene rings is 2. The molecule has 6 heteroatoms. The number of sulfonamides is 1. The summed E-state index contributed by atoms with van der Waals surface area (Å²) >= 11 is 0. The fraction of sp³-hybridized carbons (Fsp3) is 0.381. The van der Waals surface area contributed by atoms with Crippen LogP contribution < -0.4 is 0 Å².